The molecule has 0 spiro atoms. The zero-order valence-electron chi connectivity index (χ0n) is 13.0. The molecule has 0 saturated heterocycles. The van der Waals surface area contributed by atoms with Crippen LogP contribution in [-0.2, 0) is 17.6 Å². The summed E-state index contributed by atoms with van der Waals surface area (Å²) in [5.41, 5.74) is 3.06. The number of esters is 1. The van der Waals surface area contributed by atoms with Gasteiger partial charge in [0.1, 0.15) is 0 Å². The molecule has 0 bridgehead atoms. The number of halogens is 1. The molecule has 0 saturated carbocycles. The zero-order valence-corrected chi connectivity index (χ0v) is 15.2. The van der Waals surface area contributed by atoms with Crippen LogP contribution in [0.25, 0.3) is 0 Å². The summed E-state index contributed by atoms with van der Waals surface area (Å²) < 4.78 is 5.95. The van der Waals surface area contributed by atoms with Gasteiger partial charge in [-0.3, -0.25) is 4.98 Å². The first-order valence-corrected chi connectivity index (χ1v) is 8.45. The number of aryl methyl sites for hydroxylation is 1. The van der Waals surface area contributed by atoms with Crippen LogP contribution >= 0.6 is 22.6 Å². The van der Waals surface area contributed by atoms with Crippen molar-refractivity contribution in [2.75, 3.05) is 6.61 Å². The van der Waals surface area contributed by atoms with Crippen molar-refractivity contribution in [2.24, 2.45) is 5.41 Å². The average Bonchev–Trinajstić information content (AvgIpc) is 2.35. The Kier molecular flexibility index (Phi) is 4.92. The monoisotopic (exact) mass is 403 g/mol. The number of aromatic nitrogens is 1. The summed E-state index contributed by atoms with van der Waals surface area (Å²) in [5, 5.41) is 10.5. The van der Waals surface area contributed by atoms with Crippen molar-refractivity contribution in [2.45, 2.75) is 53.1 Å². The van der Waals surface area contributed by atoms with Crippen LogP contribution < -0.4 is 0 Å². The van der Waals surface area contributed by atoms with Gasteiger partial charge in [-0.1, -0.05) is 20.8 Å². The number of carbonyl (C=O) groups is 1. The number of hydrogen-bond acceptors (Lipinski definition) is 4. The van der Waals surface area contributed by atoms with Gasteiger partial charge in [0.15, 0.2) is 0 Å². The molecule has 0 aliphatic heterocycles. The van der Waals surface area contributed by atoms with E-state index in [0.29, 0.717) is 25.0 Å². The molecule has 1 aromatic rings. The standard InChI is InChI=1S/C16H22INO3/c1-5-9-13(15(20)21-6-2)14(17)12-10(18-9)7-16(3,4)8-11(12)19/h11,19H,5-8H2,1-4H3/t11-/m0/s1. The van der Waals surface area contributed by atoms with Crippen molar-refractivity contribution in [1.82, 2.24) is 4.98 Å². The van der Waals surface area contributed by atoms with Gasteiger partial charge in [-0.2, -0.15) is 0 Å². The van der Waals surface area contributed by atoms with Crippen molar-refractivity contribution >= 4 is 28.6 Å². The molecule has 21 heavy (non-hydrogen) atoms. The van der Waals surface area contributed by atoms with Gasteiger partial charge in [0.25, 0.3) is 0 Å². The Morgan fingerprint density at radius 2 is 2.14 bits per heavy atom. The van der Waals surface area contributed by atoms with E-state index in [9.17, 15) is 9.90 Å². The van der Waals surface area contributed by atoms with Crippen LogP contribution in [0.15, 0.2) is 0 Å². The van der Waals surface area contributed by atoms with Crippen molar-refractivity contribution in [3.8, 4) is 0 Å². The Morgan fingerprint density at radius 3 is 2.71 bits per heavy atom. The van der Waals surface area contributed by atoms with Crippen LogP contribution in [0.3, 0.4) is 0 Å². The molecular formula is C16H22INO3. The number of aliphatic hydroxyl groups is 1. The average molecular weight is 403 g/mol. The number of pyridine rings is 1. The maximum absolute atomic E-state index is 12.2. The van der Waals surface area contributed by atoms with E-state index in [1.54, 1.807) is 6.92 Å². The number of fused-ring (bicyclic) bond motifs is 1. The first-order chi connectivity index (χ1) is 9.80. The molecule has 0 fully saturated rings. The van der Waals surface area contributed by atoms with E-state index in [-0.39, 0.29) is 11.4 Å². The van der Waals surface area contributed by atoms with Gasteiger partial charge in [-0.15, -0.1) is 0 Å². The maximum atomic E-state index is 12.2. The van der Waals surface area contributed by atoms with Gasteiger partial charge in [0.05, 0.1) is 24.0 Å². The normalized spacial score (nSPS) is 20.0. The lowest BCUT2D eigenvalue weighted by Gasteiger charge is -2.35. The summed E-state index contributed by atoms with van der Waals surface area (Å²) >= 11 is 2.15. The summed E-state index contributed by atoms with van der Waals surface area (Å²) in [5.74, 6) is -0.342. The molecular weight excluding hydrogens is 381 g/mol. The summed E-state index contributed by atoms with van der Waals surface area (Å²) in [7, 11) is 0. The molecule has 5 heteroatoms. The minimum absolute atomic E-state index is 0.0267. The van der Waals surface area contributed by atoms with Crippen LogP contribution in [0, 0.1) is 8.99 Å². The van der Waals surface area contributed by atoms with Crippen LogP contribution in [0.2, 0.25) is 0 Å². The van der Waals surface area contributed by atoms with E-state index in [0.717, 1.165) is 26.9 Å². The third-order valence-corrected chi connectivity index (χ3v) is 4.99. The molecule has 1 N–H and O–H groups in total. The summed E-state index contributed by atoms with van der Waals surface area (Å²) in [6.07, 6.45) is 1.62. The van der Waals surface area contributed by atoms with E-state index in [1.807, 2.05) is 6.92 Å². The smallest absolute Gasteiger partial charge is 0.341 e. The van der Waals surface area contributed by atoms with Crippen LogP contribution in [0.4, 0.5) is 0 Å². The van der Waals surface area contributed by atoms with Gasteiger partial charge in [-0.05, 0) is 54.2 Å². The lowest BCUT2D eigenvalue weighted by molar-refractivity contribution is 0.0521. The second kappa shape index (κ2) is 6.20. The van der Waals surface area contributed by atoms with E-state index < -0.39 is 6.10 Å². The molecule has 0 radical (unpaired) electrons. The zero-order chi connectivity index (χ0) is 15.8. The van der Waals surface area contributed by atoms with Gasteiger partial charge in [0, 0.05) is 14.8 Å². The van der Waals surface area contributed by atoms with Crippen LogP contribution in [-0.4, -0.2) is 22.7 Å². The maximum Gasteiger partial charge on any atom is 0.341 e. The quantitative estimate of drug-likeness (QED) is 0.621. The van der Waals surface area contributed by atoms with Crippen LogP contribution in [0.5, 0.6) is 0 Å². The molecule has 1 aliphatic rings. The largest absolute Gasteiger partial charge is 0.462 e. The minimum Gasteiger partial charge on any atom is -0.462 e. The highest BCUT2D eigenvalue weighted by atomic mass is 127. The van der Waals surface area contributed by atoms with Crippen molar-refractivity contribution < 1.29 is 14.6 Å². The first kappa shape index (κ1) is 16.7. The fourth-order valence-electron chi connectivity index (χ4n) is 2.96. The molecule has 1 heterocycles. The van der Waals surface area contributed by atoms with Crippen molar-refractivity contribution in [3.63, 3.8) is 0 Å². The Hall–Kier alpha value is -0.690. The molecule has 2 rings (SSSR count). The molecule has 0 unspecified atom stereocenters. The van der Waals surface area contributed by atoms with E-state index in [4.69, 9.17) is 4.74 Å². The predicted octanol–water partition coefficient (Wildman–Crippen LogP) is 3.43. The summed E-state index contributed by atoms with van der Waals surface area (Å²) in [4.78, 5) is 16.9. The number of nitrogens with zero attached hydrogens (tertiary/aromatic N) is 1. The fourth-order valence-corrected chi connectivity index (χ4v) is 4.16. The Labute approximate surface area is 139 Å². The van der Waals surface area contributed by atoms with E-state index in [2.05, 4.69) is 41.4 Å². The SMILES string of the molecule is CCOC(=O)c1c(CC)nc2c(c1I)[C@@H](O)CC(C)(C)C2. The molecule has 0 aromatic carbocycles. The van der Waals surface area contributed by atoms with Crippen molar-refractivity contribution in [3.05, 3.63) is 26.1 Å². The third-order valence-electron chi connectivity index (χ3n) is 3.86. The highest BCUT2D eigenvalue weighted by molar-refractivity contribution is 14.1. The number of carbonyl (C=O) groups excluding carboxylic acids is 1. The third kappa shape index (κ3) is 3.23. The molecule has 0 amide bonds. The van der Waals surface area contributed by atoms with Gasteiger partial charge in [0.2, 0.25) is 0 Å². The van der Waals surface area contributed by atoms with Crippen molar-refractivity contribution in [1.29, 1.82) is 0 Å². The molecule has 116 valence electrons. The number of hydrogen-bond donors (Lipinski definition) is 1. The van der Waals surface area contributed by atoms with E-state index >= 15 is 0 Å². The molecule has 1 aliphatic carbocycles. The Balaban J connectivity index is 2.61. The first-order valence-electron chi connectivity index (χ1n) is 7.37. The molecule has 1 atom stereocenters. The van der Waals surface area contributed by atoms with E-state index in [1.165, 1.54) is 0 Å². The highest BCUT2D eigenvalue weighted by Crippen LogP contribution is 2.43. The fraction of sp³-hybridized carbons (Fsp3) is 0.625. The van der Waals surface area contributed by atoms with Crippen LogP contribution in [0.1, 0.15) is 67.5 Å². The Morgan fingerprint density at radius 1 is 1.48 bits per heavy atom. The summed E-state index contributed by atoms with van der Waals surface area (Å²) in [6, 6.07) is 0. The summed E-state index contributed by atoms with van der Waals surface area (Å²) in [6.45, 7) is 8.39. The van der Waals surface area contributed by atoms with Gasteiger partial charge < -0.3 is 9.84 Å². The van der Waals surface area contributed by atoms with Gasteiger partial charge in [-0.25, -0.2) is 4.79 Å². The molecule has 1 aromatic heterocycles. The lowest BCUT2D eigenvalue weighted by atomic mass is 9.74. The lowest BCUT2D eigenvalue weighted by Crippen LogP contribution is -2.29. The number of rotatable bonds is 3. The topological polar surface area (TPSA) is 59.4 Å². The number of aliphatic hydroxyl groups excluding tert-OH is 1. The van der Waals surface area contributed by atoms with Gasteiger partial charge >= 0.3 is 5.97 Å². The second-order valence-electron chi connectivity index (χ2n) is 6.24. The predicted molar refractivity (Wildman–Crippen MR) is 89.4 cm³/mol. The Bertz CT molecular complexity index is 569. The minimum atomic E-state index is -0.567. The number of ether oxygens (including phenoxy) is 1. The highest BCUT2D eigenvalue weighted by Gasteiger charge is 2.36. The molecule has 4 nitrogen and oxygen atoms in total. The second-order valence-corrected chi connectivity index (χ2v) is 7.32.